The van der Waals surface area contributed by atoms with Crippen molar-refractivity contribution in [2.45, 2.75) is 44.9 Å². The van der Waals surface area contributed by atoms with Crippen LogP contribution >= 0.6 is 0 Å². The summed E-state index contributed by atoms with van der Waals surface area (Å²) in [7, 11) is 1.53. The number of rotatable bonds is 9. The molecule has 10 nitrogen and oxygen atoms in total. The molecule has 0 aromatic carbocycles. The van der Waals surface area contributed by atoms with Gasteiger partial charge in [-0.2, -0.15) is 13.2 Å². The summed E-state index contributed by atoms with van der Waals surface area (Å²) >= 11 is 0. The molecule has 1 aliphatic rings. The summed E-state index contributed by atoms with van der Waals surface area (Å²) in [6.45, 7) is 2.37. The number of halogens is 3. The maximum atomic E-state index is 13.1. The van der Waals surface area contributed by atoms with Gasteiger partial charge in [-0.05, 0) is 31.4 Å². The zero-order valence-corrected chi connectivity index (χ0v) is 20.6. The van der Waals surface area contributed by atoms with E-state index in [9.17, 15) is 13.2 Å². The number of hydrogen-bond donors (Lipinski definition) is 2. The quantitative estimate of drug-likeness (QED) is 0.302. The Hall–Kier alpha value is -4.42. The topological polar surface area (TPSA) is 127 Å². The second-order valence-electron chi connectivity index (χ2n) is 8.70. The molecule has 1 saturated carbocycles. The lowest BCUT2D eigenvalue weighted by molar-refractivity contribution is -0.140. The summed E-state index contributed by atoms with van der Waals surface area (Å²) in [4.78, 5) is 25.8. The van der Waals surface area contributed by atoms with Crippen LogP contribution in [0.3, 0.4) is 0 Å². The molecule has 0 atom stereocenters. The molecule has 1 aliphatic carbocycles. The Balaban J connectivity index is 1.39. The molecule has 196 valence electrons. The molecular formula is C25H24F3N9O. The van der Waals surface area contributed by atoms with Crippen molar-refractivity contribution in [3.63, 3.8) is 0 Å². The van der Waals surface area contributed by atoms with Gasteiger partial charge in [0, 0.05) is 43.8 Å². The number of pyridine rings is 1. The van der Waals surface area contributed by atoms with Crippen LogP contribution in [0.15, 0.2) is 37.1 Å². The molecule has 0 radical (unpaired) electrons. The smallest absolute Gasteiger partial charge is 0.434 e. The molecule has 0 aliphatic heterocycles. The number of methoxy groups -OCH3 is 1. The lowest BCUT2D eigenvalue weighted by atomic mass is 10.1. The van der Waals surface area contributed by atoms with Crippen molar-refractivity contribution in [1.82, 2.24) is 34.5 Å². The van der Waals surface area contributed by atoms with E-state index in [-0.39, 0.29) is 5.82 Å². The number of anilines is 1. The number of hydrogen-bond acceptors (Lipinski definition) is 9. The Bertz CT molecular complexity index is 1460. The van der Waals surface area contributed by atoms with E-state index in [1.54, 1.807) is 31.5 Å². The van der Waals surface area contributed by atoms with Crippen molar-refractivity contribution in [3.05, 3.63) is 59.6 Å². The third kappa shape index (κ3) is 5.04. The van der Waals surface area contributed by atoms with Gasteiger partial charge in [0.25, 0.3) is 0 Å². The fourth-order valence-corrected chi connectivity index (χ4v) is 4.02. The molecule has 0 unspecified atom stereocenters. The molecule has 5 rings (SSSR count). The number of aromatic nitrogens is 7. The SMILES string of the molecule is CCn1cc(C(F)(F)F)nc1-c1ccc(CNc2nc(-c3c(OC)ncnc3C3CC3)ncc2C=N)cn1. The van der Waals surface area contributed by atoms with Gasteiger partial charge in [0.05, 0.1) is 18.4 Å². The monoisotopic (exact) mass is 523 g/mol. The lowest BCUT2D eigenvalue weighted by Gasteiger charge is -2.13. The fourth-order valence-electron chi connectivity index (χ4n) is 4.02. The van der Waals surface area contributed by atoms with E-state index < -0.39 is 11.9 Å². The predicted octanol–water partition coefficient (Wildman–Crippen LogP) is 4.73. The fraction of sp³-hybridized carbons (Fsp3) is 0.320. The summed E-state index contributed by atoms with van der Waals surface area (Å²) in [6.07, 6.45) is 4.23. The summed E-state index contributed by atoms with van der Waals surface area (Å²) in [6, 6.07) is 3.38. The van der Waals surface area contributed by atoms with Gasteiger partial charge in [0.15, 0.2) is 17.3 Å². The van der Waals surface area contributed by atoms with Crippen LogP contribution in [0.2, 0.25) is 0 Å². The van der Waals surface area contributed by atoms with Crippen molar-refractivity contribution in [2.24, 2.45) is 0 Å². The first kappa shape index (κ1) is 25.2. The van der Waals surface area contributed by atoms with Crippen LogP contribution in [0.4, 0.5) is 19.0 Å². The van der Waals surface area contributed by atoms with Crippen LogP contribution in [0, 0.1) is 5.41 Å². The minimum absolute atomic E-state index is 0.149. The average Bonchev–Trinajstić information content (AvgIpc) is 3.68. The largest absolute Gasteiger partial charge is 0.480 e. The van der Waals surface area contributed by atoms with Gasteiger partial charge < -0.3 is 20.0 Å². The highest BCUT2D eigenvalue weighted by molar-refractivity contribution is 5.84. The highest BCUT2D eigenvalue weighted by atomic mass is 19.4. The summed E-state index contributed by atoms with van der Waals surface area (Å²) in [5.41, 5.74) is 2.09. The van der Waals surface area contributed by atoms with Crippen molar-refractivity contribution in [2.75, 3.05) is 12.4 Å². The van der Waals surface area contributed by atoms with Crippen LogP contribution in [-0.2, 0) is 19.3 Å². The van der Waals surface area contributed by atoms with E-state index in [1.165, 1.54) is 18.0 Å². The first-order valence-corrected chi connectivity index (χ1v) is 11.9. The number of nitrogens with one attached hydrogen (secondary N) is 2. The van der Waals surface area contributed by atoms with Gasteiger partial charge in [-0.1, -0.05) is 6.07 Å². The molecule has 4 aromatic rings. The highest BCUT2D eigenvalue weighted by Gasteiger charge is 2.35. The first-order chi connectivity index (χ1) is 18.3. The number of aryl methyl sites for hydroxylation is 1. The number of alkyl halides is 3. The minimum atomic E-state index is -4.53. The van der Waals surface area contributed by atoms with Crippen LogP contribution in [0.5, 0.6) is 5.88 Å². The zero-order valence-electron chi connectivity index (χ0n) is 20.6. The van der Waals surface area contributed by atoms with E-state index in [4.69, 9.17) is 10.1 Å². The molecule has 0 bridgehead atoms. The van der Waals surface area contributed by atoms with E-state index in [0.29, 0.717) is 53.4 Å². The van der Waals surface area contributed by atoms with E-state index >= 15 is 0 Å². The van der Waals surface area contributed by atoms with Crippen molar-refractivity contribution >= 4 is 12.0 Å². The van der Waals surface area contributed by atoms with E-state index in [1.807, 2.05) is 0 Å². The Kier molecular flexibility index (Phi) is 6.74. The predicted molar refractivity (Wildman–Crippen MR) is 133 cm³/mol. The van der Waals surface area contributed by atoms with Gasteiger partial charge >= 0.3 is 6.18 Å². The van der Waals surface area contributed by atoms with Crippen molar-refractivity contribution < 1.29 is 17.9 Å². The van der Waals surface area contributed by atoms with Gasteiger partial charge in [-0.15, -0.1) is 0 Å². The van der Waals surface area contributed by atoms with E-state index in [2.05, 4.69) is 35.2 Å². The number of nitrogens with zero attached hydrogens (tertiary/aromatic N) is 7. The van der Waals surface area contributed by atoms with Gasteiger partial charge in [0.2, 0.25) is 5.88 Å². The summed E-state index contributed by atoms with van der Waals surface area (Å²) in [5, 5.41) is 11.0. The Morgan fingerprint density at radius 1 is 1.13 bits per heavy atom. The highest BCUT2D eigenvalue weighted by Crippen LogP contribution is 2.45. The Labute approximate surface area is 215 Å². The molecule has 4 heterocycles. The van der Waals surface area contributed by atoms with Crippen molar-refractivity contribution in [1.29, 1.82) is 5.41 Å². The summed E-state index contributed by atoms with van der Waals surface area (Å²) in [5.74, 6) is 1.66. The van der Waals surface area contributed by atoms with E-state index in [0.717, 1.165) is 36.5 Å². The zero-order chi connectivity index (χ0) is 26.9. The van der Waals surface area contributed by atoms with Crippen LogP contribution < -0.4 is 10.1 Å². The molecule has 0 amide bonds. The van der Waals surface area contributed by atoms with Gasteiger partial charge in [0.1, 0.15) is 23.4 Å². The Morgan fingerprint density at radius 2 is 1.95 bits per heavy atom. The van der Waals surface area contributed by atoms with Crippen LogP contribution in [-0.4, -0.2) is 47.8 Å². The maximum Gasteiger partial charge on any atom is 0.434 e. The van der Waals surface area contributed by atoms with Crippen LogP contribution in [0.25, 0.3) is 22.9 Å². The second-order valence-corrected chi connectivity index (χ2v) is 8.70. The standard InChI is InChI=1S/C25H24F3N9O/c1-3-37-12-18(25(26,27)28)35-23(37)17-7-4-14(9-30-17)10-31-21-16(8-29)11-32-22(36-21)19-20(15-5-6-15)33-13-34-24(19)38-2/h4,7-9,11-13,15,29H,3,5-6,10H2,1-2H3,(H,31,32,36). The molecular weight excluding hydrogens is 499 g/mol. The van der Waals surface area contributed by atoms with Crippen LogP contribution in [0.1, 0.15) is 48.2 Å². The molecule has 38 heavy (non-hydrogen) atoms. The average molecular weight is 524 g/mol. The molecule has 13 heteroatoms. The van der Waals surface area contributed by atoms with Gasteiger partial charge in [-0.25, -0.2) is 24.9 Å². The second kappa shape index (κ2) is 10.1. The number of imidazole rings is 1. The lowest BCUT2D eigenvalue weighted by Crippen LogP contribution is -2.08. The third-order valence-electron chi connectivity index (χ3n) is 6.12. The van der Waals surface area contributed by atoms with Crippen molar-refractivity contribution in [3.8, 4) is 28.8 Å². The first-order valence-electron chi connectivity index (χ1n) is 11.9. The minimum Gasteiger partial charge on any atom is -0.480 e. The molecule has 0 spiro atoms. The maximum absolute atomic E-state index is 13.1. The number of ether oxygens (including phenoxy) is 1. The Morgan fingerprint density at radius 3 is 2.58 bits per heavy atom. The molecule has 2 N–H and O–H groups in total. The third-order valence-corrected chi connectivity index (χ3v) is 6.12. The molecule has 4 aromatic heterocycles. The normalized spacial score (nSPS) is 13.4. The molecule has 1 fully saturated rings. The molecule has 0 saturated heterocycles. The van der Waals surface area contributed by atoms with Gasteiger partial charge in [-0.3, -0.25) is 4.98 Å². The summed E-state index contributed by atoms with van der Waals surface area (Å²) < 4.78 is 46.2.